The van der Waals surface area contributed by atoms with Crippen LogP contribution >= 0.6 is 0 Å². The van der Waals surface area contributed by atoms with Gasteiger partial charge in [-0.1, -0.05) is 42.5 Å². The maximum Gasteiger partial charge on any atom is 0.321 e. The second kappa shape index (κ2) is 9.65. The molecule has 6 nitrogen and oxygen atoms in total. The number of ether oxygens (including phenoxy) is 1. The first-order valence-electron chi connectivity index (χ1n) is 11.6. The van der Waals surface area contributed by atoms with Crippen LogP contribution in [-0.4, -0.2) is 60.3 Å². The number of anilines is 1. The summed E-state index contributed by atoms with van der Waals surface area (Å²) >= 11 is 0. The van der Waals surface area contributed by atoms with E-state index in [1.807, 2.05) is 37.4 Å². The Morgan fingerprint density at radius 1 is 0.970 bits per heavy atom. The molecular formula is C27H30N4O2. The van der Waals surface area contributed by atoms with Gasteiger partial charge in [-0.2, -0.15) is 0 Å². The van der Waals surface area contributed by atoms with E-state index in [1.165, 1.54) is 16.3 Å². The summed E-state index contributed by atoms with van der Waals surface area (Å²) in [5.74, 6) is 0. The van der Waals surface area contributed by atoms with Crippen molar-refractivity contribution in [2.24, 2.45) is 0 Å². The maximum atomic E-state index is 12.9. The summed E-state index contributed by atoms with van der Waals surface area (Å²) in [6.45, 7) is 6.17. The first-order valence-corrected chi connectivity index (χ1v) is 11.6. The molecule has 0 spiro atoms. The van der Waals surface area contributed by atoms with E-state index in [-0.39, 0.29) is 6.03 Å². The van der Waals surface area contributed by atoms with Gasteiger partial charge in [0.1, 0.15) is 0 Å². The van der Waals surface area contributed by atoms with E-state index in [9.17, 15) is 4.79 Å². The van der Waals surface area contributed by atoms with Crippen molar-refractivity contribution in [3.8, 4) is 0 Å². The molecule has 0 bridgehead atoms. The normalized spacial score (nSPS) is 14.6. The van der Waals surface area contributed by atoms with Gasteiger partial charge >= 0.3 is 6.03 Å². The Hall–Kier alpha value is -3.35. The fourth-order valence-electron chi connectivity index (χ4n) is 4.52. The minimum absolute atomic E-state index is 0.117. The molecule has 2 amide bonds. The summed E-state index contributed by atoms with van der Waals surface area (Å²) in [5.41, 5.74) is 3.13. The second-order valence-corrected chi connectivity index (χ2v) is 8.66. The summed E-state index contributed by atoms with van der Waals surface area (Å²) in [7, 11) is 1.83. The Labute approximate surface area is 194 Å². The Morgan fingerprint density at radius 3 is 2.67 bits per heavy atom. The number of benzene rings is 3. The zero-order valence-corrected chi connectivity index (χ0v) is 19.0. The number of hydrogen-bond acceptors (Lipinski definition) is 3. The molecule has 4 aromatic rings. The van der Waals surface area contributed by atoms with Crippen molar-refractivity contribution in [2.45, 2.75) is 13.1 Å². The molecule has 0 saturated carbocycles. The van der Waals surface area contributed by atoms with Crippen molar-refractivity contribution in [3.05, 3.63) is 78.5 Å². The SMILES string of the molecule is CN(Cc1cccc2ccccc12)C(=O)Nc1ccc2c(ccn2CCN2CCOCC2)c1. The van der Waals surface area contributed by atoms with E-state index < -0.39 is 0 Å². The van der Waals surface area contributed by atoms with Crippen molar-refractivity contribution >= 4 is 33.4 Å². The summed E-state index contributed by atoms with van der Waals surface area (Å²) < 4.78 is 7.72. The number of hydrogen-bond donors (Lipinski definition) is 1. The number of amides is 2. The number of aromatic nitrogens is 1. The van der Waals surface area contributed by atoms with Crippen LogP contribution < -0.4 is 5.32 Å². The van der Waals surface area contributed by atoms with Gasteiger partial charge in [-0.25, -0.2) is 4.79 Å². The van der Waals surface area contributed by atoms with Crippen molar-refractivity contribution in [1.82, 2.24) is 14.4 Å². The third kappa shape index (κ3) is 4.87. The lowest BCUT2D eigenvalue weighted by Crippen LogP contribution is -2.38. The van der Waals surface area contributed by atoms with Gasteiger partial charge in [0.15, 0.2) is 0 Å². The molecule has 0 radical (unpaired) electrons. The second-order valence-electron chi connectivity index (χ2n) is 8.66. The van der Waals surface area contributed by atoms with Crippen LogP contribution in [0.25, 0.3) is 21.7 Å². The number of fused-ring (bicyclic) bond motifs is 2. The number of urea groups is 1. The van der Waals surface area contributed by atoms with Crippen LogP contribution in [0, 0.1) is 0 Å². The highest BCUT2D eigenvalue weighted by Crippen LogP contribution is 2.22. The Bertz CT molecular complexity index is 1250. The third-order valence-corrected chi connectivity index (χ3v) is 6.42. The van der Waals surface area contributed by atoms with Crippen molar-refractivity contribution < 1.29 is 9.53 Å². The predicted octanol–water partition coefficient (Wildman–Crippen LogP) is 4.79. The average molecular weight is 443 g/mol. The average Bonchev–Trinajstić information content (AvgIpc) is 3.26. The van der Waals surface area contributed by atoms with E-state index in [0.717, 1.165) is 56.0 Å². The summed E-state index contributed by atoms with van der Waals surface area (Å²) in [4.78, 5) is 17.0. The molecule has 1 aliphatic rings. The molecule has 1 N–H and O–H groups in total. The molecule has 0 atom stereocenters. The number of carbonyl (C=O) groups is 1. The third-order valence-electron chi connectivity index (χ3n) is 6.42. The highest BCUT2D eigenvalue weighted by Gasteiger charge is 2.13. The van der Waals surface area contributed by atoms with Crippen molar-refractivity contribution in [2.75, 3.05) is 45.2 Å². The summed E-state index contributed by atoms with van der Waals surface area (Å²) in [5, 5.41) is 6.55. The standard InChI is InChI=1S/C27H30N4O2/c1-29(20-23-7-4-6-21-5-2-3-8-25(21)23)27(32)28-24-9-10-26-22(19-24)11-12-31(26)14-13-30-15-17-33-18-16-30/h2-12,19H,13-18,20H2,1H3,(H,28,32). The highest BCUT2D eigenvalue weighted by atomic mass is 16.5. The van der Waals surface area contributed by atoms with Gasteiger partial charge in [-0.3, -0.25) is 4.90 Å². The van der Waals surface area contributed by atoms with Crippen LogP contribution in [0.2, 0.25) is 0 Å². The van der Waals surface area contributed by atoms with Gasteiger partial charge in [0.05, 0.1) is 13.2 Å². The maximum absolute atomic E-state index is 12.9. The van der Waals surface area contributed by atoms with Crippen molar-refractivity contribution in [1.29, 1.82) is 0 Å². The molecule has 0 aliphatic carbocycles. The van der Waals surface area contributed by atoms with Crippen LogP contribution in [0.4, 0.5) is 10.5 Å². The Balaban J connectivity index is 1.23. The van der Waals surface area contributed by atoms with Crippen LogP contribution in [0.1, 0.15) is 5.56 Å². The van der Waals surface area contributed by atoms with Gasteiger partial charge in [-0.05, 0) is 40.6 Å². The molecule has 5 rings (SSSR count). The Morgan fingerprint density at radius 2 is 1.79 bits per heavy atom. The van der Waals surface area contributed by atoms with Gasteiger partial charge in [-0.15, -0.1) is 0 Å². The summed E-state index contributed by atoms with van der Waals surface area (Å²) in [6.07, 6.45) is 2.13. The molecular weight excluding hydrogens is 412 g/mol. The molecule has 0 unspecified atom stereocenters. The number of rotatable bonds is 6. The van der Waals surface area contributed by atoms with Crippen molar-refractivity contribution in [3.63, 3.8) is 0 Å². The monoisotopic (exact) mass is 442 g/mol. The number of morpholine rings is 1. The van der Waals surface area contributed by atoms with Gasteiger partial charge in [0.2, 0.25) is 0 Å². The van der Waals surface area contributed by atoms with Crippen LogP contribution in [0.15, 0.2) is 72.9 Å². The van der Waals surface area contributed by atoms with Crippen LogP contribution in [-0.2, 0) is 17.8 Å². The predicted molar refractivity (Wildman–Crippen MR) is 134 cm³/mol. The molecule has 1 aliphatic heterocycles. The quantitative estimate of drug-likeness (QED) is 0.467. The smallest absolute Gasteiger partial charge is 0.321 e. The lowest BCUT2D eigenvalue weighted by atomic mass is 10.0. The summed E-state index contributed by atoms with van der Waals surface area (Å²) in [6, 6.07) is 22.6. The van der Waals surface area contributed by atoms with Gasteiger partial charge < -0.3 is 19.5 Å². The van der Waals surface area contributed by atoms with E-state index >= 15 is 0 Å². The lowest BCUT2D eigenvalue weighted by Gasteiger charge is -2.26. The topological polar surface area (TPSA) is 49.7 Å². The molecule has 1 fully saturated rings. The van der Waals surface area contributed by atoms with Crippen LogP contribution in [0.5, 0.6) is 0 Å². The molecule has 1 saturated heterocycles. The highest BCUT2D eigenvalue weighted by molar-refractivity contribution is 5.93. The van der Waals surface area contributed by atoms with Gasteiger partial charge in [0.25, 0.3) is 0 Å². The number of nitrogens with zero attached hydrogens (tertiary/aromatic N) is 3. The number of nitrogens with one attached hydrogen (secondary N) is 1. The first kappa shape index (κ1) is 21.5. The molecule has 6 heteroatoms. The molecule has 170 valence electrons. The fraction of sp³-hybridized carbons (Fsp3) is 0.296. The first-order chi connectivity index (χ1) is 16.2. The lowest BCUT2D eigenvalue weighted by molar-refractivity contribution is 0.0365. The number of carbonyl (C=O) groups excluding carboxylic acids is 1. The van der Waals surface area contributed by atoms with E-state index in [1.54, 1.807) is 4.90 Å². The van der Waals surface area contributed by atoms with E-state index in [4.69, 9.17) is 4.74 Å². The molecule has 3 aromatic carbocycles. The van der Waals surface area contributed by atoms with E-state index in [0.29, 0.717) is 6.54 Å². The zero-order chi connectivity index (χ0) is 22.6. The molecule has 33 heavy (non-hydrogen) atoms. The minimum Gasteiger partial charge on any atom is -0.379 e. The van der Waals surface area contributed by atoms with Gasteiger partial charge in [0, 0.05) is 62.6 Å². The Kier molecular flexibility index (Phi) is 6.28. The fourth-order valence-corrected chi connectivity index (χ4v) is 4.52. The van der Waals surface area contributed by atoms with Crippen LogP contribution in [0.3, 0.4) is 0 Å². The largest absolute Gasteiger partial charge is 0.379 e. The van der Waals surface area contributed by atoms with E-state index in [2.05, 4.69) is 57.4 Å². The minimum atomic E-state index is -0.117. The zero-order valence-electron chi connectivity index (χ0n) is 19.0. The molecule has 2 heterocycles. The molecule has 1 aromatic heterocycles.